The Labute approximate surface area is 234 Å². The molecule has 1 aliphatic heterocycles. The molecule has 0 radical (unpaired) electrons. The van der Waals surface area contributed by atoms with Crippen molar-refractivity contribution in [2.24, 2.45) is 0 Å². The van der Waals surface area contributed by atoms with Gasteiger partial charge in [0.15, 0.2) is 0 Å². The molecule has 1 aromatic rings. The number of ether oxygens (including phenoxy) is 4. The van der Waals surface area contributed by atoms with E-state index in [2.05, 4.69) is 5.32 Å². The van der Waals surface area contributed by atoms with Gasteiger partial charge in [-0.3, -0.25) is 14.4 Å². The minimum absolute atomic E-state index is 0.00980. The highest BCUT2D eigenvalue weighted by Crippen LogP contribution is 2.31. The van der Waals surface area contributed by atoms with Crippen LogP contribution >= 0.6 is 0 Å². The second kappa shape index (κ2) is 13.7. The Bertz CT molecular complexity index is 1150. The first-order valence-electron chi connectivity index (χ1n) is 13.1. The summed E-state index contributed by atoms with van der Waals surface area (Å²) in [4.78, 5) is 51.4. The molecule has 0 saturated carbocycles. The molecule has 11 heteroatoms. The van der Waals surface area contributed by atoms with E-state index in [0.717, 1.165) is 0 Å². The Hall–Kier alpha value is -3.54. The summed E-state index contributed by atoms with van der Waals surface area (Å²) in [5.41, 5.74) is 0.613. The van der Waals surface area contributed by atoms with E-state index in [0.29, 0.717) is 11.1 Å². The number of esters is 2. The van der Waals surface area contributed by atoms with Crippen LogP contribution in [-0.4, -0.2) is 91.2 Å². The number of hydrogen-bond acceptors (Lipinski definition) is 9. The van der Waals surface area contributed by atoms with Gasteiger partial charge in [0.25, 0.3) is 0 Å². The minimum atomic E-state index is -0.797. The van der Waals surface area contributed by atoms with E-state index in [4.69, 9.17) is 18.9 Å². The van der Waals surface area contributed by atoms with Crippen molar-refractivity contribution in [3.8, 4) is 0 Å². The van der Waals surface area contributed by atoms with Crippen molar-refractivity contribution in [2.45, 2.75) is 70.0 Å². The molecule has 1 fully saturated rings. The predicted octanol–water partition coefficient (Wildman–Crippen LogP) is 1.98. The zero-order valence-corrected chi connectivity index (χ0v) is 23.5. The average molecular weight is 559 g/mol. The molecule has 3 rings (SSSR count). The Balaban J connectivity index is 1.64. The van der Waals surface area contributed by atoms with E-state index >= 15 is 0 Å². The average Bonchev–Trinajstić information content (AvgIpc) is 3.37. The van der Waals surface area contributed by atoms with Crippen molar-refractivity contribution in [1.82, 2.24) is 10.2 Å². The maximum absolute atomic E-state index is 13.1. The number of carbonyl (C=O) groups excluding carboxylic acids is 4. The van der Waals surface area contributed by atoms with Gasteiger partial charge in [-0.2, -0.15) is 0 Å². The van der Waals surface area contributed by atoms with Crippen LogP contribution in [0.15, 0.2) is 42.0 Å². The van der Waals surface area contributed by atoms with Gasteiger partial charge in [-0.15, -0.1) is 0 Å². The van der Waals surface area contributed by atoms with Crippen LogP contribution in [0.1, 0.15) is 56.0 Å². The van der Waals surface area contributed by atoms with Crippen LogP contribution in [0.5, 0.6) is 0 Å². The summed E-state index contributed by atoms with van der Waals surface area (Å²) in [5.74, 6) is -1.69. The molecule has 11 nitrogen and oxygen atoms in total. The van der Waals surface area contributed by atoms with Gasteiger partial charge in [-0.05, 0) is 57.0 Å². The lowest BCUT2D eigenvalue weighted by molar-refractivity contribution is -0.155. The summed E-state index contributed by atoms with van der Waals surface area (Å²) in [6.07, 6.45) is 2.97. The molecule has 1 heterocycles. The smallest absolute Gasteiger partial charge is 0.338 e. The third-order valence-corrected chi connectivity index (χ3v) is 6.20. The zero-order valence-electron chi connectivity index (χ0n) is 23.5. The normalized spacial score (nSPS) is 21.2. The summed E-state index contributed by atoms with van der Waals surface area (Å²) < 4.78 is 22.3. The SMILES string of the molecule is CN(C)C(=O)C=Cc1cccc(C(=O)O[C@@H]2CC(C(=O)N[C@H](CO)CCC(=O)OC(C)(C)C)=C[C@H]3OCO[C@H]32)c1. The number of benzene rings is 1. The fourth-order valence-electron chi connectivity index (χ4n) is 4.19. The van der Waals surface area contributed by atoms with Gasteiger partial charge in [0.1, 0.15) is 30.7 Å². The number of nitrogens with one attached hydrogen (secondary N) is 1. The van der Waals surface area contributed by atoms with Crippen molar-refractivity contribution in [1.29, 1.82) is 0 Å². The van der Waals surface area contributed by atoms with Gasteiger partial charge >= 0.3 is 11.9 Å². The number of hydrogen-bond donors (Lipinski definition) is 2. The van der Waals surface area contributed by atoms with Crippen molar-refractivity contribution in [3.63, 3.8) is 0 Å². The fourth-order valence-corrected chi connectivity index (χ4v) is 4.19. The monoisotopic (exact) mass is 558 g/mol. The number of aliphatic hydroxyl groups excluding tert-OH is 1. The maximum atomic E-state index is 13.1. The van der Waals surface area contributed by atoms with Crippen molar-refractivity contribution < 1.29 is 43.2 Å². The molecule has 2 aliphatic rings. The van der Waals surface area contributed by atoms with Gasteiger partial charge < -0.3 is 34.3 Å². The molecular weight excluding hydrogens is 520 g/mol. The molecule has 0 spiro atoms. The Morgan fingerprint density at radius 2 is 1.95 bits per heavy atom. The maximum Gasteiger partial charge on any atom is 0.338 e. The second-order valence-electron chi connectivity index (χ2n) is 10.9. The van der Waals surface area contributed by atoms with E-state index in [9.17, 15) is 24.3 Å². The lowest BCUT2D eigenvalue weighted by Gasteiger charge is -2.30. The quantitative estimate of drug-likeness (QED) is 0.326. The van der Waals surface area contributed by atoms with Crippen LogP contribution < -0.4 is 5.32 Å². The largest absolute Gasteiger partial charge is 0.460 e. The lowest BCUT2D eigenvalue weighted by Crippen LogP contribution is -2.45. The number of likely N-dealkylation sites (N-methyl/N-ethyl adjacent to an activating group) is 1. The summed E-state index contributed by atoms with van der Waals surface area (Å²) in [5, 5.41) is 12.5. The van der Waals surface area contributed by atoms with Crippen molar-refractivity contribution >= 4 is 29.8 Å². The first kappa shape index (κ1) is 31.0. The van der Waals surface area contributed by atoms with E-state index in [1.54, 1.807) is 71.3 Å². The lowest BCUT2D eigenvalue weighted by atomic mass is 9.91. The van der Waals surface area contributed by atoms with Crippen LogP contribution in [0.2, 0.25) is 0 Å². The molecule has 0 aromatic heterocycles. The zero-order chi connectivity index (χ0) is 29.4. The second-order valence-corrected chi connectivity index (χ2v) is 10.9. The highest BCUT2D eigenvalue weighted by molar-refractivity contribution is 5.95. The van der Waals surface area contributed by atoms with Crippen molar-refractivity contribution in [3.05, 3.63) is 53.1 Å². The number of amides is 2. The van der Waals surface area contributed by atoms with E-state index in [1.165, 1.54) is 11.0 Å². The van der Waals surface area contributed by atoms with Gasteiger partial charge in [0, 0.05) is 38.6 Å². The molecule has 1 saturated heterocycles. The molecule has 2 amide bonds. The van der Waals surface area contributed by atoms with Gasteiger partial charge in [-0.25, -0.2) is 4.79 Å². The molecule has 1 aliphatic carbocycles. The van der Waals surface area contributed by atoms with Gasteiger partial charge in [0.2, 0.25) is 11.8 Å². The molecule has 1 aromatic carbocycles. The van der Waals surface area contributed by atoms with E-state index in [-0.39, 0.29) is 44.1 Å². The summed E-state index contributed by atoms with van der Waals surface area (Å²) in [7, 11) is 3.29. The van der Waals surface area contributed by atoms with E-state index in [1.807, 2.05) is 0 Å². The van der Waals surface area contributed by atoms with Crippen LogP contribution in [0.4, 0.5) is 0 Å². The highest BCUT2D eigenvalue weighted by Gasteiger charge is 2.42. The van der Waals surface area contributed by atoms with Crippen LogP contribution in [0, 0.1) is 0 Å². The number of carbonyl (C=O) groups is 4. The third-order valence-electron chi connectivity index (χ3n) is 6.20. The topological polar surface area (TPSA) is 141 Å². The molecular formula is C29H38N2O9. The summed E-state index contributed by atoms with van der Waals surface area (Å²) >= 11 is 0. The number of aliphatic hydroxyl groups is 1. The van der Waals surface area contributed by atoms with E-state index < -0.39 is 47.8 Å². The third kappa shape index (κ3) is 9.00. The molecule has 0 unspecified atom stereocenters. The Kier molecular flexibility index (Phi) is 10.6. The van der Waals surface area contributed by atoms with Crippen LogP contribution in [0.3, 0.4) is 0 Å². The Morgan fingerprint density at radius 1 is 1.20 bits per heavy atom. The van der Waals surface area contributed by atoms with Crippen molar-refractivity contribution in [2.75, 3.05) is 27.5 Å². The highest BCUT2D eigenvalue weighted by atomic mass is 16.7. The first-order valence-corrected chi connectivity index (χ1v) is 13.1. The first-order chi connectivity index (χ1) is 18.9. The fraction of sp³-hybridized carbons (Fsp3) is 0.517. The standard InChI is InChI=1S/C29H38N2O9/c1-29(2,3)40-25(34)12-10-21(16-32)30-27(35)20-14-22-26(38-17-37-22)23(15-20)39-28(36)19-8-6-7-18(13-19)9-11-24(33)31(4)5/h6-9,11,13-14,21-23,26,32H,10,12,15-17H2,1-5H3,(H,30,35)/t21-,22+,23+,26+/m0/s1. The molecule has 0 bridgehead atoms. The van der Waals surface area contributed by atoms with Gasteiger partial charge in [0.05, 0.1) is 18.2 Å². The minimum Gasteiger partial charge on any atom is -0.460 e. The molecule has 2 N–H and O–H groups in total. The number of fused-ring (bicyclic) bond motifs is 1. The number of rotatable bonds is 10. The van der Waals surface area contributed by atoms with Crippen LogP contribution in [0.25, 0.3) is 6.08 Å². The molecule has 40 heavy (non-hydrogen) atoms. The summed E-state index contributed by atoms with van der Waals surface area (Å²) in [6.45, 7) is 4.92. The van der Waals surface area contributed by atoms with Gasteiger partial charge in [-0.1, -0.05) is 12.1 Å². The van der Waals surface area contributed by atoms with Crippen LogP contribution in [-0.2, 0) is 33.3 Å². The Morgan fingerprint density at radius 3 is 2.62 bits per heavy atom. The summed E-state index contributed by atoms with van der Waals surface area (Å²) in [6, 6.07) is 5.97. The predicted molar refractivity (Wildman–Crippen MR) is 145 cm³/mol. The molecule has 4 atom stereocenters. The number of nitrogens with zero attached hydrogens (tertiary/aromatic N) is 1. The molecule has 218 valence electrons.